The number of hydrogen-bond acceptors (Lipinski definition) is 5. The summed E-state index contributed by atoms with van der Waals surface area (Å²) < 4.78 is 11.4. The van der Waals surface area contributed by atoms with Crippen molar-refractivity contribution in [3.05, 3.63) is 51.2 Å². The SMILES string of the molecule is CC.CCOc1ccc(Cc2sc(C3CC(O)CC(CO)O3)cc2C)cc1. The van der Waals surface area contributed by atoms with E-state index in [0.717, 1.165) is 17.0 Å². The van der Waals surface area contributed by atoms with Crippen molar-refractivity contribution >= 4 is 11.3 Å². The van der Waals surface area contributed by atoms with Crippen LogP contribution in [0.25, 0.3) is 0 Å². The van der Waals surface area contributed by atoms with Gasteiger partial charge in [-0.1, -0.05) is 26.0 Å². The Kier molecular flexibility index (Phi) is 8.77. The summed E-state index contributed by atoms with van der Waals surface area (Å²) in [5.41, 5.74) is 2.50. The van der Waals surface area contributed by atoms with Crippen molar-refractivity contribution in [3.63, 3.8) is 0 Å². The van der Waals surface area contributed by atoms with Crippen molar-refractivity contribution in [3.8, 4) is 5.75 Å². The number of aryl methyl sites for hydroxylation is 1. The van der Waals surface area contributed by atoms with Gasteiger partial charge in [0.05, 0.1) is 31.5 Å². The smallest absolute Gasteiger partial charge is 0.119 e. The molecule has 0 amide bonds. The first kappa shape index (κ1) is 21.9. The summed E-state index contributed by atoms with van der Waals surface area (Å²) in [5.74, 6) is 0.898. The van der Waals surface area contributed by atoms with E-state index in [1.165, 1.54) is 16.0 Å². The molecule has 27 heavy (non-hydrogen) atoms. The van der Waals surface area contributed by atoms with Crippen LogP contribution < -0.4 is 4.74 Å². The predicted molar refractivity (Wildman–Crippen MR) is 111 cm³/mol. The minimum atomic E-state index is -0.409. The third kappa shape index (κ3) is 6.04. The first-order chi connectivity index (χ1) is 13.1. The Hall–Kier alpha value is -1.40. The molecule has 1 aliphatic heterocycles. The lowest BCUT2D eigenvalue weighted by Crippen LogP contribution is -2.33. The molecule has 0 bridgehead atoms. The molecule has 1 saturated heterocycles. The van der Waals surface area contributed by atoms with Gasteiger partial charge in [-0.3, -0.25) is 0 Å². The normalized spacial score (nSPS) is 22.1. The van der Waals surface area contributed by atoms with Gasteiger partial charge < -0.3 is 19.7 Å². The van der Waals surface area contributed by atoms with Gasteiger partial charge in [-0.15, -0.1) is 11.3 Å². The van der Waals surface area contributed by atoms with E-state index in [0.29, 0.717) is 19.4 Å². The zero-order chi connectivity index (χ0) is 19.8. The van der Waals surface area contributed by atoms with Gasteiger partial charge in [-0.25, -0.2) is 0 Å². The molecule has 3 rings (SSSR count). The van der Waals surface area contributed by atoms with E-state index in [4.69, 9.17) is 9.47 Å². The van der Waals surface area contributed by atoms with E-state index in [-0.39, 0.29) is 18.8 Å². The lowest BCUT2D eigenvalue weighted by atomic mass is 10.00. The minimum absolute atomic E-state index is 0.0447. The zero-order valence-corrected chi connectivity index (χ0v) is 17.6. The number of aliphatic hydroxyl groups is 2. The van der Waals surface area contributed by atoms with Crippen molar-refractivity contribution in [2.75, 3.05) is 13.2 Å². The van der Waals surface area contributed by atoms with E-state index >= 15 is 0 Å². The Labute approximate surface area is 166 Å². The molecule has 0 saturated carbocycles. The number of rotatable bonds is 6. The standard InChI is InChI=1S/C20H26O4S.C2H6/c1-3-23-16-6-4-14(5-7-16)9-19-13(2)8-20(25-19)18-11-15(22)10-17(12-21)24-18;1-2/h4-8,15,17-18,21-22H,3,9-12H2,1-2H3;1-2H3. The van der Waals surface area contributed by atoms with Crippen molar-refractivity contribution in [1.29, 1.82) is 0 Å². The van der Waals surface area contributed by atoms with Gasteiger partial charge in [0.25, 0.3) is 0 Å². The van der Waals surface area contributed by atoms with Gasteiger partial charge in [0, 0.05) is 29.0 Å². The Morgan fingerprint density at radius 2 is 1.89 bits per heavy atom. The molecule has 150 valence electrons. The fourth-order valence-electron chi connectivity index (χ4n) is 3.23. The molecular formula is C22H32O4S. The Morgan fingerprint density at radius 3 is 2.52 bits per heavy atom. The molecule has 2 aromatic rings. The lowest BCUT2D eigenvalue weighted by Gasteiger charge is -2.31. The Morgan fingerprint density at radius 1 is 1.19 bits per heavy atom. The highest BCUT2D eigenvalue weighted by molar-refractivity contribution is 7.12. The van der Waals surface area contributed by atoms with Crippen LogP contribution in [0, 0.1) is 6.92 Å². The maximum atomic E-state index is 10.0. The molecule has 1 aromatic heterocycles. The van der Waals surface area contributed by atoms with E-state index in [1.807, 2.05) is 32.9 Å². The summed E-state index contributed by atoms with van der Waals surface area (Å²) in [6.45, 7) is 8.73. The van der Waals surface area contributed by atoms with Crippen LogP contribution >= 0.6 is 11.3 Å². The van der Waals surface area contributed by atoms with Crippen LogP contribution in [-0.4, -0.2) is 35.6 Å². The second-order valence-corrected chi connectivity index (χ2v) is 7.73. The molecule has 2 heterocycles. The summed E-state index contributed by atoms with van der Waals surface area (Å²) >= 11 is 1.74. The minimum Gasteiger partial charge on any atom is -0.494 e. The van der Waals surface area contributed by atoms with Crippen molar-refractivity contribution in [2.24, 2.45) is 0 Å². The number of thiophene rings is 1. The molecule has 2 N–H and O–H groups in total. The van der Waals surface area contributed by atoms with E-state index in [9.17, 15) is 10.2 Å². The molecule has 4 nitrogen and oxygen atoms in total. The van der Waals surface area contributed by atoms with Gasteiger partial charge in [0.1, 0.15) is 5.75 Å². The van der Waals surface area contributed by atoms with E-state index in [1.54, 1.807) is 11.3 Å². The summed E-state index contributed by atoms with van der Waals surface area (Å²) in [5, 5.41) is 19.4. The molecule has 0 spiro atoms. The molecule has 3 atom stereocenters. The molecule has 1 fully saturated rings. The third-order valence-corrected chi connectivity index (χ3v) is 5.87. The molecule has 5 heteroatoms. The van der Waals surface area contributed by atoms with Crippen LogP contribution in [0.4, 0.5) is 0 Å². The van der Waals surface area contributed by atoms with Crippen LogP contribution in [0.15, 0.2) is 30.3 Å². The molecule has 1 aliphatic rings. The van der Waals surface area contributed by atoms with Crippen molar-refractivity contribution < 1.29 is 19.7 Å². The lowest BCUT2D eigenvalue weighted by molar-refractivity contribution is -0.112. The van der Waals surface area contributed by atoms with Gasteiger partial charge in [0.15, 0.2) is 0 Å². The van der Waals surface area contributed by atoms with Crippen molar-refractivity contribution in [2.45, 2.75) is 65.3 Å². The predicted octanol–water partition coefficient (Wildman–Crippen LogP) is 4.65. The summed E-state index contributed by atoms with van der Waals surface area (Å²) in [7, 11) is 0. The van der Waals surface area contributed by atoms with Gasteiger partial charge in [-0.05, 0) is 43.2 Å². The maximum absolute atomic E-state index is 10.0. The highest BCUT2D eigenvalue weighted by Gasteiger charge is 2.30. The van der Waals surface area contributed by atoms with E-state index in [2.05, 4.69) is 25.1 Å². The number of aliphatic hydroxyl groups excluding tert-OH is 2. The van der Waals surface area contributed by atoms with Crippen LogP contribution in [0.3, 0.4) is 0 Å². The topological polar surface area (TPSA) is 58.9 Å². The fourth-order valence-corrected chi connectivity index (χ4v) is 4.49. The average Bonchev–Trinajstić information content (AvgIpc) is 3.05. The highest BCUT2D eigenvalue weighted by Crippen LogP contribution is 2.37. The average molecular weight is 393 g/mol. The molecule has 0 radical (unpaired) electrons. The number of benzene rings is 1. The maximum Gasteiger partial charge on any atom is 0.119 e. The van der Waals surface area contributed by atoms with Gasteiger partial charge in [-0.2, -0.15) is 0 Å². The summed E-state index contributed by atoms with van der Waals surface area (Å²) in [6.07, 6.45) is 1.17. The van der Waals surface area contributed by atoms with E-state index < -0.39 is 6.10 Å². The second kappa shape index (κ2) is 10.8. The zero-order valence-electron chi connectivity index (χ0n) is 16.8. The van der Waals surface area contributed by atoms with Crippen LogP contribution in [-0.2, 0) is 11.2 Å². The monoisotopic (exact) mass is 392 g/mol. The summed E-state index contributed by atoms with van der Waals surface area (Å²) in [6, 6.07) is 10.4. The second-order valence-electron chi connectivity index (χ2n) is 6.56. The molecule has 3 unspecified atom stereocenters. The first-order valence-electron chi connectivity index (χ1n) is 9.84. The Bertz CT molecular complexity index is 680. The third-order valence-electron chi connectivity index (χ3n) is 4.54. The number of ether oxygens (including phenoxy) is 2. The van der Waals surface area contributed by atoms with Gasteiger partial charge >= 0.3 is 0 Å². The Balaban J connectivity index is 0.00000126. The summed E-state index contributed by atoms with van der Waals surface area (Å²) in [4.78, 5) is 2.44. The van der Waals surface area contributed by atoms with Gasteiger partial charge in [0.2, 0.25) is 0 Å². The molecule has 1 aromatic carbocycles. The van der Waals surface area contributed by atoms with Crippen LogP contribution in [0.1, 0.15) is 60.6 Å². The first-order valence-corrected chi connectivity index (χ1v) is 10.7. The number of hydrogen-bond donors (Lipinski definition) is 2. The quantitative estimate of drug-likeness (QED) is 0.751. The molecular weight excluding hydrogens is 360 g/mol. The van der Waals surface area contributed by atoms with Crippen molar-refractivity contribution in [1.82, 2.24) is 0 Å². The fraction of sp³-hybridized carbons (Fsp3) is 0.545. The molecule has 0 aliphatic carbocycles. The van der Waals surface area contributed by atoms with Crippen LogP contribution in [0.2, 0.25) is 0 Å². The largest absolute Gasteiger partial charge is 0.494 e. The highest BCUT2D eigenvalue weighted by atomic mass is 32.1. The van der Waals surface area contributed by atoms with Crippen LogP contribution in [0.5, 0.6) is 5.75 Å².